The number of nitrogens with zero attached hydrogens (tertiary/aromatic N) is 2. The van der Waals surface area contributed by atoms with Crippen LogP contribution in [0.3, 0.4) is 0 Å². The number of hydrogen-bond donors (Lipinski definition) is 1. The van der Waals surface area contributed by atoms with Gasteiger partial charge in [0.15, 0.2) is 0 Å². The number of alkyl halides is 3. The van der Waals surface area contributed by atoms with Crippen molar-refractivity contribution in [3.63, 3.8) is 0 Å². The van der Waals surface area contributed by atoms with Crippen molar-refractivity contribution in [2.75, 3.05) is 12.3 Å². The zero-order valence-electron chi connectivity index (χ0n) is 11.2. The van der Waals surface area contributed by atoms with E-state index in [1.807, 2.05) is 20.8 Å². The Morgan fingerprint density at radius 3 is 2.37 bits per heavy atom. The third kappa shape index (κ3) is 5.76. The van der Waals surface area contributed by atoms with Gasteiger partial charge < -0.3 is 10.5 Å². The highest BCUT2D eigenvalue weighted by Gasteiger charge is 2.26. The molecule has 0 spiro atoms. The van der Waals surface area contributed by atoms with E-state index in [4.69, 9.17) is 10.5 Å². The molecule has 1 aromatic heterocycles. The van der Waals surface area contributed by atoms with Crippen molar-refractivity contribution < 1.29 is 17.9 Å². The zero-order chi connectivity index (χ0) is 14.7. The van der Waals surface area contributed by atoms with E-state index in [2.05, 4.69) is 9.97 Å². The third-order valence-electron chi connectivity index (χ3n) is 2.25. The monoisotopic (exact) mass is 277 g/mol. The van der Waals surface area contributed by atoms with E-state index in [0.29, 0.717) is 5.82 Å². The summed E-state index contributed by atoms with van der Waals surface area (Å²) in [5, 5.41) is 0. The lowest BCUT2D eigenvalue weighted by Crippen LogP contribution is -2.18. The standard InChI is InChI=1S/C12H18F3N3O/c1-11(2,3)10-17-8(16)7-9(18-10)19-6-4-5-12(13,14)15/h7H,4-6H2,1-3H3,(H2,16,17,18). The number of ether oxygens (including phenoxy) is 1. The highest BCUT2D eigenvalue weighted by molar-refractivity contribution is 5.34. The predicted octanol–water partition coefficient (Wildman–Crippen LogP) is 3.08. The summed E-state index contributed by atoms with van der Waals surface area (Å²) in [6.07, 6.45) is -5.15. The molecule has 0 amide bonds. The number of anilines is 1. The van der Waals surface area contributed by atoms with Gasteiger partial charge in [0.2, 0.25) is 5.88 Å². The molecule has 4 nitrogen and oxygen atoms in total. The molecule has 0 aliphatic rings. The molecule has 0 saturated carbocycles. The van der Waals surface area contributed by atoms with Crippen molar-refractivity contribution in [3.05, 3.63) is 11.9 Å². The average Bonchev–Trinajstić information content (AvgIpc) is 2.21. The normalized spacial score (nSPS) is 12.5. The van der Waals surface area contributed by atoms with Gasteiger partial charge in [-0.2, -0.15) is 18.2 Å². The van der Waals surface area contributed by atoms with Crippen LogP contribution < -0.4 is 10.5 Å². The van der Waals surface area contributed by atoms with Gasteiger partial charge in [-0.3, -0.25) is 0 Å². The Hall–Kier alpha value is -1.53. The topological polar surface area (TPSA) is 61.0 Å². The lowest BCUT2D eigenvalue weighted by Gasteiger charge is -2.17. The summed E-state index contributed by atoms with van der Waals surface area (Å²) in [4.78, 5) is 8.22. The van der Waals surface area contributed by atoms with Gasteiger partial charge in [-0.25, -0.2) is 4.98 Å². The molecule has 0 atom stereocenters. The molecule has 0 radical (unpaired) electrons. The van der Waals surface area contributed by atoms with Crippen LogP contribution in [0.5, 0.6) is 5.88 Å². The van der Waals surface area contributed by atoms with Crippen molar-refractivity contribution in [2.45, 2.75) is 45.2 Å². The Kier molecular flexibility index (Phi) is 4.60. The number of aromatic nitrogens is 2. The average molecular weight is 277 g/mol. The molecule has 0 aliphatic heterocycles. The van der Waals surface area contributed by atoms with Crippen LogP contribution in [-0.2, 0) is 5.41 Å². The van der Waals surface area contributed by atoms with Gasteiger partial charge in [0, 0.05) is 17.9 Å². The molecule has 0 unspecified atom stereocenters. The molecule has 0 aliphatic carbocycles. The summed E-state index contributed by atoms with van der Waals surface area (Å²) in [6.45, 7) is 5.68. The summed E-state index contributed by atoms with van der Waals surface area (Å²) in [7, 11) is 0. The van der Waals surface area contributed by atoms with E-state index in [1.54, 1.807) is 0 Å². The van der Waals surface area contributed by atoms with Crippen molar-refractivity contribution in [1.82, 2.24) is 9.97 Å². The molecule has 0 bridgehead atoms. The van der Waals surface area contributed by atoms with Gasteiger partial charge in [0.05, 0.1) is 6.61 Å². The van der Waals surface area contributed by atoms with Gasteiger partial charge in [0.1, 0.15) is 11.6 Å². The highest BCUT2D eigenvalue weighted by Crippen LogP contribution is 2.23. The minimum Gasteiger partial charge on any atom is -0.478 e. The fourth-order valence-electron chi connectivity index (χ4n) is 1.30. The van der Waals surface area contributed by atoms with Crippen molar-refractivity contribution in [1.29, 1.82) is 0 Å². The van der Waals surface area contributed by atoms with Gasteiger partial charge in [-0.05, 0) is 6.42 Å². The zero-order valence-corrected chi connectivity index (χ0v) is 11.2. The van der Waals surface area contributed by atoms with E-state index >= 15 is 0 Å². The molecule has 1 rings (SSSR count). The molecule has 0 fully saturated rings. The molecule has 0 aromatic carbocycles. The lowest BCUT2D eigenvalue weighted by atomic mass is 9.96. The van der Waals surface area contributed by atoms with Crippen molar-refractivity contribution >= 4 is 5.82 Å². The second-order valence-electron chi connectivity index (χ2n) is 5.27. The summed E-state index contributed by atoms with van der Waals surface area (Å²) in [5.74, 6) is 0.948. The molecule has 19 heavy (non-hydrogen) atoms. The number of rotatable bonds is 4. The maximum atomic E-state index is 12.0. The Morgan fingerprint density at radius 2 is 1.84 bits per heavy atom. The Balaban J connectivity index is 2.62. The Labute approximate surface area is 110 Å². The van der Waals surface area contributed by atoms with Crippen LogP contribution in [0.4, 0.5) is 19.0 Å². The highest BCUT2D eigenvalue weighted by atomic mass is 19.4. The minimum atomic E-state index is -4.16. The Morgan fingerprint density at radius 1 is 1.21 bits per heavy atom. The second-order valence-corrected chi connectivity index (χ2v) is 5.27. The maximum Gasteiger partial charge on any atom is 0.389 e. The smallest absolute Gasteiger partial charge is 0.389 e. The largest absolute Gasteiger partial charge is 0.478 e. The first-order valence-corrected chi connectivity index (χ1v) is 5.92. The first-order chi connectivity index (χ1) is 8.58. The van der Waals surface area contributed by atoms with E-state index in [1.165, 1.54) is 6.07 Å². The summed E-state index contributed by atoms with van der Waals surface area (Å²) in [5.41, 5.74) is 5.31. The fraction of sp³-hybridized carbons (Fsp3) is 0.667. The number of halogens is 3. The van der Waals surface area contributed by atoms with Crippen LogP contribution in [0.15, 0.2) is 6.07 Å². The number of nitrogen functional groups attached to an aromatic ring is 1. The van der Waals surface area contributed by atoms with Crippen LogP contribution in [-0.4, -0.2) is 22.8 Å². The van der Waals surface area contributed by atoms with Gasteiger partial charge in [-0.1, -0.05) is 20.8 Å². The lowest BCUT2D eigenvalue weighted by molar-refractivity contribution is -0.136. The summed E-state index contributed by atoms with van der Waals surface area (Å²) >= 11 is 0. The van der Waals surface area contributed by atoms with Crippen molar-refractivity contribution in [2.24, 2.45) is 0 Å². The molecular weight excluding hydrogens is 259 g/mol. The number of nitrogens with two attached hydrogens (primary N) is 1. The summed E-state index contributed by atoms with van der Waals surface area (Å²) in [6, 6.07) is 1.41. The summed E-state index contributed by atoms with van der Waals surface area (Å²) < 4.78 is 41.1. The third-order valence-corrected chi connectivity index (χ3v) is 2.25. The SMILES string of the molecule is CC(C)(C)c1nc(N)cc(OCCCC(F)(F)F)n1. The Bertz CT molecular complexity index is 427. The molecule has 1 aromatic rings. The second kappa shape index (κ2) is 5.63. The maximum absolute atomic E-state index is 12.0. The van der Waals surface area contributed by atoms with Gasteiger partial charge >= 0.3 is 6.18 Å². The van der Waals surface area contributed by atoms with E-state index in [-0.39, 0.29) is 30.1 Å². The van der Waals surface area contributed by atoms with E-state index in [9.17, 15) is 13.2 Å². The molecule has 108 valence electrons. The molecule has 2 N–H and O–H groups in total. The quantitative estimate of drug-likeness (QED) is 0.859. The van der Waals surface area contributed by atoms with E-state index < -0.39 is 12.6 Å². The first-order valence-electron chi connectivity index (χ1n) is 5.92. The molecule has 7 heteroatoms. The fourth-order valence-corrected chi connectivity index (χ4v) is 1.30. The molecular formula is C12H18F3N3O. The van der Waals surface area contributed by atoms with Crippen LogP contribution in [0.2, 0.25) is 0 Å². The van der Waals surface area contributed by atoms with Crippen LogP contribution in [0.1, 0.15) is 39.4 Å². The van der Waals surface area contributed by atoms with Gasteiger partial charge in [-0.15, -0.1) is 0 Å². The van der Waals surface area contributed by atoms with Crippen LogP contribution in [0, 0.1) is 0 Å². The van der Waals surface area contributed by atoms with Gasteiger partial charge in [0.25, 0.3) is 0 Å². The first kappa shape index (κ1) is 15.5. The minimum absolute atomic E-state index is 0.0560. The van der Waals surface area contributed by atoms with Crippen LogP contribution in [0.25, 0.3) is 0 Å². The predicted molar refractivity (Wildman–Crippen MR) is 65.9 cm³/mol. The molecule has 1 heterocycles. The van der Waals surface area contributed by atoms with Crippen molar-refractivity contribution in [3.8, 4) is 5.88 Å². The molecule has 0 saturated heterocycles. The number of hydrogen-bond acceptors (Lipinski definition) is 4. The van der Waals surface area contributed by atoms with E-state index in [0.717, 1.165) is 0 Å². The van der Waals surface area contributed by atoms with Crippen LogP contribution >= 0.6 is 0 Å².